The molecule has 2 nitrogen and oxygen atoms in total. The summed E-state index contributed by atoms with van der Waals surface area (Å²) in [5.74, 6) is 2.44. The van der Waals surface area contributed by atoms with E-state index in [2.05, 4.69) is 12.3 Å². The van der Waals surface area contributed by atoms with Gasteiger partial charge in [0, 0.05) is 6.61 Å². The average molecular weight is 254 g/mol. The second-order valence-electron chi connectivity index (χ2n) is 4.20. The van der Waals surface area contributed by atoms with Gasteiger partial charge in [-0.25, -0.2) is 0 Å². The number of para-hydroxylation sites is 1. The highest BCUT2D eigenvalue weighted by Gasteiger charge is 2.11. The molecule has 0 aliphatic rings. The van der Waals surface area contributed by atoms with Crippen LogP contribution in [0.15, 0.2) is 24.3 Å². The lowest BCUT2D eigenvalue weighted by atomic mass is 9.95. The molecule has 1 aromatic rings. The van der Waals surface area contributed by atoms with Crippen molar-refractivity contribution in [1.29, 1.82) is 0 Å². The number of ether oxygens (including phenoxy) is 1. The van der Waals surface area contributed by atoms with E-state index >= 15 is 0 Å². The summed E-state index contributed by atoms with van der Waals surface area (Å²) in [7, 11) is 1.69. The molecule has 0 spiro atoms. The number of benzene rings is 1. The maximum absolute atomic E-state index is 9.40. The molecule has 1 aromatic carbocycles. The molecule has 0 saturated carbocycles. The Labute approximate surface area is 108 Å². The monoisotopic (exact) mass is 254 g/mol. The smallest absolute Gasteiger partial charge is 0.122 e. The molecule has 17 heavy (non-hydrogen) atoms. The molecule has 0 aromatic heterocycles. The molecule has 1 rings (SSSR count). The topological polar surface area (TPSA) is 29.5 Å². The van der Waals surface area contributed by atoms with Crippen molar-refractivity contribution >= 4 is 11.8 Å². The van der Waals surface area contributed by atoms with E-state index in [1.54, 1.807) is 7.11 Å². The SMILES string of the molecule is COc1ccccc1CC(CO)CCCSC. The molecule has 0 fully saturated rings. The largest absolute Gasteiger partial charge is 0.496 e. The maximum atomic E-state index is 9.40. The number of hydrogen-bond acceptors (Lipinski definition) is 3. The lowest BCUT2D eigenvalue weighted by molar-refractivity contribution is 0.216. The van der Waals surface area contributed by atoms with Crippen LogP contribution >= 0.6 is 11.8 Å². The van der Waals surface area contributed by atoms with Gasteiger partial charge in [-0.3, -0.25) is 0 Å². The molecule has 0 radical (unpaired) electrons. The first-order chi connectivity index (χ1) is 8.31. The normalized spacial score (nSPS) is 12.4. The molecule has 0 bridgehead atoms. The van der Waals surface area contributed by atoms with Crippen LogP contribution in [0, 0.1) is 5.92 Å². The molecule has 96 valence electrons. The zero-order valence-electron chi connectivity index (χ0n) is 10.7. The van der Waals surface area contributed by atoms with Crippen molar-refractivity contribution in [3.8, 4) is 5.75 Å². The molecule has 0 saturated heterocycles. The van der Waals surface area contributed by atoms with Gasteiger partial charge in [-0.15, -0.1) is 0 Å². The zero-order valence-corrected chi connectivity index (χ0v) is 11.5. The summed E-state index contributed by atoms with van der Waals surface area (Å²) in [4.78, 5) is 0. The Morgan fingerprint density at radius 2 is 2.12 bits per heavy atom. The van der Waals surface area contributed by atoms with Gasteiger partial charge in [0.05, 0.1) is 7.11 Å². The van der Waals surface area contributed by atoms with Crippen molar-refractivity contribution in [2.24, 2.45) is 5.92 Å². The number of hydrogen-bond donors (Lipinski definition) is 1. The van der Waals surface area contributed by atoms with Gasteiger partial charge in [-0.05, 0) is 48.8 Å². The van der Waals surface area contributed by atoms with Crippen molar-refractivity contribution in [3.05, 3.63) is 29.8 Å². The molecular formula is C14H22O2S. The molecule has 0 aliphatic heterocycles. The first kappa shape index (κ1) is 14.4. The minimum absolute atomic E-state index is 0.256. The van der Waals surface area contributed by atoms with Crippen LogP contribution in [0.5, 0.6) is 5.75 Å². The van der Waals surface area contributed by atoms with Crippen LogP contribution in [0.4, 0.5) is 0 Å². The third-order valence-electron chi connectivity index (χ3n) is 2.92. The van der Waals surface area contributed by atoms with E-state index in [0.29, 0.717) is 5.92 Å². The zero-order chi connectivity index (χ0) is 12.5. The average Bonchev–Trinajstić information content (AvgIpc) is 2.38. The fourth-order valence-corrected chi connectivity index (χ4v) is 2.41. The van der Waals surface area contributed by atoms with E-state index in [-0.39, 0.29) is 6.61 Å². The summed E-state index contributed by atoms with van der Waals surface area (Å²) in [5, 5.41) is 9.40. The van der Waals surface area contributed by atoms with Gasteiger partial charge < -0.3 is 9.84 Å². The van der Waals surface area contributed by atoms with Crippen molar-refractivity contribution < 1.29 is 9.84 Å². The van der Waals surface area contributed by atoms with Crippen LogP contribution < -0.4 is 4.74 Å². The minimum atomic E-state index is 0.256. The first-order valence-electron chi connectivity index (χ1n) is 6.03. The highest BCUT2D eigenvalue weighted by molar-refractivity contribution is 7.98. The van der Waals surface area contributed by atoms with Crippen LogP contribution in [0.2, 0.25) is 0 Å². The third kappa shape index (κ3) is 5.00. The van der Waals surface area contributed by atoms with Gasteiger partial charge in [0.1, 0.15) is 5.75 Å². The Kier molecular flexibility index (Phi) is 7.13. The Hall–Kier alpha value is -0.670. The predicted molar refractivity (Wildman–Crippen MR) is 74.9 cm³/mol. The summed E-state index contributed by atoms with van der Waals surface area (Å²) in [5.41, 5.74) is 1.19. The molecular weight excluding hydrogens is 232 g/mol. The Morgan fingerprint density at radius 1 is 1.35 bits per heavy atom. The fraction of sp³-hybridized carbons (Fsp3) is 0.571. The molecule has 0 aliphatic carbocycles. The van der Waals surface area contributed by atoms with Crippen molar-refractivity contribution in [2.75, 3.05) is 25.7 Å². The fourth-order valence-electron chi connectivity index (χ4n) is 1.96. The molecule has 1 atom stereocenters. The molecule has 3 heteroatoms. The summed E-state index contributed by atoms with van der Waals surface area (Å²) < 4.78 is 5.33. The van der Waals surface area contributed by atoms with E-state index in [4.69, 9.17) is 4.74 Å². The van der Waals surface area contributed by atoms with Gasteiger partial charge in [0.2, 0.25) is 0 Å². The number of aliphatic hydroxyl groups is 1. The van der Waals surface area contributed by atoms with Crippen molar-refractivity contribution in [3.63, 3.8) is 0 Å². The van der Waals surface area contributed by atoms with Crippen LogP contribution in [0.25, 0.3) is 0 Å². The van der Waals surface area contributed by atoms with Gasteiger partial charge in [0.15, 0.2) is 0 Å². The van der Waals surface area contributed by atoms with Gasteiger partial charge in [-0.2, -0.15) is 11.8 Å². The van der Waals surface area contributed by atoms with E-state index in [1.807, 2.05) is 30.0 Å². The Morgan fingerprint density at radius 3 is 2.76 bits per heavy atom. The molecule has 1 N–H and O–H groups in total. The summed E-state index contributed by atoms with van der Waals surface area (Å²) in [6.07, 6.45) is 5.26. The maximum Gasteiger partial charge on any atom is 0.122 e. The predicted octanol–water partition coefficient (Wildman–Crippen LogP) is 2.99. The van der Waals surface area contributed by atoms with E-state index in [9.17, 15) is 5.11 Å². The molecule has 0 heterocycles. The van der Waals surface area contributed by atoms with Crippen LogP contribution in [0.1, 0.15) is 18.4 Å². The Bertz CT molecular complexity index is 315. The van der Waals surface area contributed by atoms with Crippen LogP contribution in [-0.2, 0) is 6.42 Å². The van der Waals surface area contributed by atoms with Crippen molar-refractivity contribution in [1.82, 2.24) is 0 Å². The highest BCUT2D eigenvalue weighted by Crippen LogP contribution is 2.23. The van der Waals surface area contributed by atoms with E-state index in [0.717, 1.165) is 18.6 Å². The van der Waals surface area contributed by atoms with Gasteiger partial charge in [-0.1, -0.05) is 18.2 Å². The van der Waals surface area contributed by atoms with E-state index < -0.39 is 0 Å². The lowest BCUT2D eigenvalue weighted by Crippen LogP contribution is -2.10. The minimum Gasteiger partial charge on any atom is -0.496 e. The third-order valence-corrected chi connectivity index (χ3v) is 3.62. The lowest BCUT2D eigenvalue weighted by Gasteiger charge is -2.15. The first-order valence-corrected chi connectivity index (χ1v) is 7.43. The van der Waals surface area contributed by atoms with E-state index in [1.165, 1.54) is 17.7 Å². The molecule has 1 unspecified atom stereocenters. The van der Waals surface area contributed by atoms with Crippen LogP contribution in [0.3, 0.4) is 0 Å². The summed E-state index contributed by atoms with van der Waals surface area (Å²) in [6, 6.07) is 8.06. The Balaban J connectivity index is 2.54. The standard InChI is InChI=1S/C14H22O2S/c1-16-14-8-4-3-7-13(14)10-12(11-15)6-5-9-17-2/h3-4,7-8,12,15H,5-6,9-11H2,1-2H3. The summed E-state index contributed by atoms with van der Waals surface area (Å²) >= 11 is 1.86. The van der Waals surface area contributed by atoms with Gasteiger partial charge in [0.25, 0.3) is 0 Å². The second kappa shape index (κ2) is 8.43. The number of thioether (sulfide) groups is 1. The number of aliphatic hydroxyl groups excluding tert-OH is 1. The molecule has 0 amide bonds. The number of methoxy groups -OCH3 is 1. The number of rotatable bonds is 8. The van der Waals surface area contributed by atoms with Gasteiger partial charge >= 0.3 is 0 Å². The van der Waals surface area contributed by atoms with Crippen molar-refractivity contribution in [2.45, 2.75) is 19.3 Å². The van der Waals surface area contributed by atoms with Crippen LogP contribution in [-0.4, -0.2) is 30.8 Å². The summed E-state index contributed by atoms with van der Waals surface area (Å²) in [6.45, 7) is 0.256. The highest BCUT2D eigenvalue weighted by atomic mass is 32.2. The second-order valence-corrected chi connectivity index (χ2v) is 5.19. The quantitative estimate of drug-likeness (QED) is 0.723.